The van der Waals surface area contributed by atoms with Gasteiger partial charge < -0.3 is 102 Å². The number of benzene rings is 6. The van der Waals surface area contributed by atoms with E-state index in [0.717, 1.165) is 234 Å². The molecule has 21 nitrogen and oxygen atoms in total. The Kier molecular flexibility index (Phi) is 23.8. The number of ether oxygens (including phenoxy) is 9. The van der Waals surface area contributed by atoms with Crippen molar-refractivity contribution in [3.63, 3.8) is 0 Å². The molecule has 6 aromatic carbocycles. The van der Waals surface area contributed by atoms with Gasteiger partial charge in [-0.15, -0.1) is 0 Å². The molecule has 13 heterocycles. The highest BCUT2D eigenvalue weighted by Gasteiger charge is 2.27. The summed E-state index contributed by atoms with van der Waals surface area (Å²) in [5.41, 5.74) is 23.9. The first-order chi connectivity index (χ1) is 53.3. The second-order valence-electron chi connectivity index (χ2n) is 30.5. The minimum Gasteiger partial charge on any atom is -0.497 e. The molecule has 0 unspecified atom stereocenters. The molecule has 586 valence electrons. The summed E-state index contributed by atoms with van der Waals surface area (Å²) in [6.07, 6.45) is 12.5. The molecule has 0 fully saturated rings. The van der Waals surface area contributed by atoms with Gasteiger partial charge in [-0.1, -0.05) is 0 Å². The molecule has 0 bridgehead atoms. The maximum absolute atomic E-state index is 14.2. The predicted octanol–water partition coefficient (Wildman–Crippen LogP) is 13.6. The molecule has 0 radical (unpaired) electrons. The molecule has 6 aromatic heterocycles. The van der Waals surface area contributed by atoms with Gasteiger partial charge >= 0.3 is 0 Å². The molecule has 110 heavy (non-hydrogen) atoms. The summed E-state index contributed by atoms with van der Waals surface area (Å²) in [7, 11) is 24.5. The minimum atomic E-state index is -0.288. The van der Waals surface area contributed by atoms with Crippen molar-refractivity contribution in [1.82, 2.24) is 59.3 Å². The van der Waals surface area contributed by atoms with Gasteiger partial charge in [-0.25, -0.2) is 8.78 Å². The van der Waals surface area contributed by atoms with Gasteiger partial charge in [-0.2, -0.15) is 0 Å². The van der Waals surface area contributed by atoms with E-state index in [1.807, 2.05) is 18.2 Å². The Balaban J connectivity index is 0.000000110. The number of nitrogens with one attached hydrogen (secondary N) is 6. The molecular formula is C87H110F2N12O9. The Bertz CT molecular complexity index is 5130. The van der Waals surface area contributed by atoms with Crippen molar-refractivity contribution < 1.29 is 51.4 Å². The Labute approximate surface area is 643 Å². The van der Waals surface area contributed by atoms with Gasteiger partial charge in [0.05, 0.1) is 60.8 Å². The van der Waals surface area contributed by atoms with Gasteiger partial charge in [0.2, 0.25) is 6.79 Å². The van der Waals surface area contributed by atoms with Crippen molar-refractivity contribution >= 4 is 65.4 Å². The smallest absolute Gasteiger partial charge is 0.231 e. The van der Waals surface area contributed by atoms with Gasteiger partial charge in [0.1, 0.15) is 28.8 Å². The van der Waals surface area contributed by atoms with E-state index in [9.17, 15) is 8.78 Å². The van der Waals surface area contributed by atoms with Crippen molar-refractivity contribution in [3.8, 4) is 51.7 Å². The largest absolute Gasteiger partial charge is 0.497 e. The molecule has 7 aliphatic rings. The van der Waals surface area contributed by atoms with E-state index in [2.05, 4.69) is 145 Å². The first-order valence-corrected chi connectivity index (χ1v) is 38.8. The molecule has 0 amide bonds. The van der Waals surface area contributed by atoms with E-state index in [-0.39, 0.29) is 11.6 Å². The zero-order chi connectivity index (χ0) is 77.0. The first kappa shape index (κ1) is 77.1. The zero-order valence-corrected chi connectivity index (χ0v) is 66.7. The molecule has 0 spiro atoms. The summed E-state index contributed by atoms with van der Waals surface area (Å²) < 4.78 is 76.0. The van der Waals surface area contributed by atoms with Crippen molar-refractivity contribution in [2.45, 2.75) is 84.0 Å². The second kappa shape index (κ2) is 33.9. The third-order valence-electron chi connectivity index (χ3n) is 23.4. The van der Waals surface area contributed by atoms with Crippen LogP contribution in [0, 0.1) is 18.6 Å². The Morgan fingerprint density at radius 3 is 1.05 bits per heavy atom. The van der Waals surface area contributed by atoms with Crippen molar-refractivity contribution in [3.05, 3.63) is 158 Å². The summed E-state index contributed by atoms with van der Waals surface area (Å²) in [5, 5.41) is 6.92. The number of halogens is 2. The van der Waals surface area contributed by atoms with Gasteiger partial charge in [0.15, 0.2) is 34.6 Å². The fraction of sp³-hybridized carbons (Fsp3) is 0.448. The Hall–Kier alpha value is -9.62. The highest BCUT2D eigenvalue weighted by Crippen LogP contribution is 2.42. The average molecular weight is 1510 g/mol. The van der Waals surface area contributed by atoms with E-state index >= 15 is 0 Å². The average Bonchev–Trinajstić information content (AvgIpc) is 1.67. The van der Waals surface area contributed by atoms with Crippen LogP contribution in [0.15, 0.2) is 72.8 Å². The third kappa shape index (κ3) is 16.4. The SMILES string of the molecule is CN1CCc2[nH]c3cc4c(cc3c2CC1)OCO4.COc1cc(C)c2c3c([nH]c2c1)CCN(C)CC3.COc1cc(F)c2c3c([nH]c2c1)CCN(C)CC3.COc1cc(OC)c2c3c([nH]c2c1)CCN(C)CC3.COc1cc2[nH]c3c(c2cc1F)CCN(C)CC3.COc1cc2[nH]c3c(c2cc1OC)CCN(C)CC3. The summed E-state index contributed by atoms with van der Waals surface area (Å²) in [6.45, 7) is 15.5. The van der Waals surface area contributed by atoms with Crippen molar-refractivity contribution in [1.29, 1.82) is 0 Å². The topological polar surface area (TPSA) is 197 Å². The van der Waals surface area contributed by atoms with Crippen LogP contribution in [-0.4, -0.2) is 237 Å². The summed E-state index contributed by atoms with van der Waals surface area (Å²) in [4.78, 5) is 35.1. The number of fused-ring (bicyclic) bond motifs is 19. The number of aromatic nitrogens is 6. The molecule has 0 aliphatic carbocycles. The molecular weight excluding hydrogens is 1400 g/mol. The second-order valence-corrected chi connectivity index (χ2v) is 30.5. The molecule has 0 saturated heterocycles. The predicted molar refractivity (Wildman–Crippen MR) is 436 cm³/mol. The fourth-order valence-electron chi connectivity index (χ4n) is 17.0. The maximum Gasteiger partial charge on any atom is 0.231 e. The number of rotatable bonds is 7. The van der Waals surface area contributed by atoms with E-state index in [1.165, 1.54) is 113 Å². The van der Waals surface area contributed by atoms with Crippen LogP contribution >= 0.6 is 0 Å². The lowest BCUT2D eigenvalue weighted by atomic mass is 10.0. The van der Waals surface area contributed by atoms with Gasteiger partial charge in [-0.05, 0) is 151 Å². The first-order valence-electron chi connectivity index (χ1n) is 38.8. The number of likely N-dealkylation sites (N-methyl/N-ethyl adjacent to an activating group) is 6. The third-order valence-corrected chi connectivity index (χ3v) is 23.4. The van der Waals surface area contributed by atoms with Crippen LogP contribution in [0.2, 0.25) is 0 Å². The molecule has 7 aliphatic heterocycles. The van der Waals surface area contributed by atoms with Crippen LogP contribution in [0.5, 0.6) is 51.7 Å². The molecule has 12 aromatic rings. The van der Waals surface area contributed by atoms with E-state index in [1.54, 1.807) is 54.8 Å². The Morgan fingerprint density at radius 2 is 0.600 bits per heavy atom. The van der Waals surface area contributed by atoms with Crippen LogP contribution < -0.4 is 42.6 Å². The van der Waals surface area contributed by atoms with Crippen molar-refractivity contribution in [2.75, 3.05) is 177 Å². The quantitative estimate of drug-likeness (QED) is 0.0881. The zero-order valence-electron chi connectivity index (χ0n) is 66.7. The summed E-state index contributed by atoms with van der Waals surface area (Å²) in [6, 6.07) is 23.3. The molecule has 23 heteroatoms. The van der Waals surface area contributed by atoms with Crippen molar-refractivity contribution in [2.24, 2.45) is 0 Å². The summed E-state index contributed by atoms with van der Waals surface area (Å²) >= 11 is 0. The standard InChI is InChI=1S/2C15H20N2O2.C15H20N2O.2C14H17FN2O.C14H16N2O2/c1-17-6-4-11-12(5-7-17)16-13-8-10(18-2)9-14(19-3)15(11)13;1-17-6-4-10-11-8-14(18-2)15(19-3)9-13(11)16-12(10)5-7-17;1-10-8-11(18-3)9-14-15(10)12-4-6-17(2)7-5-13(12)16-14;1-17-5-3-10-12(4-6-17)16-13-8-9(18-2)7-11(15)14(10)13;1-17-5-3-9-10-7-11(15)14(18-2)8-13(10)16-12(9)4-6-17;1-16-4-2-9-10-6-13-14(18-8-17-13)7-12(10)15-11(9)3-5-16/h2*8-9,16H,4-7H2,1-3H3;8-9,16H,4-7H2,1-3H3;2*7-8,16H,3-6H2,1-2H3;6-7,15H,2-5,8H2,1H3. The van der Waals surface area contributed by atoms with Gasteiger partial charge in [0.25, 0.3) is 0 Å². The molecule has 19 rings (SSSR count). The highest BCUT2D eigenvalue weighted by molar-refractivity contribution is 5.94. The monoisotopic (exact) mass is 1500 g/mol. The Morgan fingerprint density at radius 1 is 0.282 bits per heavy atom. The number of aryl methyl sites for hydroxylation is 1. The number of methoxy groups -OCH3 is 7. The number of nitrogens with zero attached hydrogens (tertiary/aromatic N) is 6. The molecule has 0 saturated carbocycles. The van der Waals surface area contributed by atoms with Gasteiger partial charge in [0, 0.05) is 254 Å². The van der Waals surface area contributed by atoms with Crippen LogP contribution in [0.1, 0.15) is 73.1 Å². The maximum atomic E-state index is 14.2. The molecule has 6 N–H and O–H groups in total. The molecule has 0 atom stereocenters. The van der Waals surface area contributed by atoms with Crippen LogP contribution in [0.4, 0.5) is 8.78 Å². The number of hydrogen-bond donors (Lipinski definition) is 6. The van der Waals surface area contributed by atoms with E-state index in [0.29, 0.717) is 18.3 Å². The highest BCUT2D eigenvalue weighted by atomic mass is 19.1. The summed E-state index contributed by atoms with van der Waals surface area (Å²) in [5.74, 6) is 6.37. The van der Waals surface area contributed by atoms with Crippen LogP contribution in [-0.2, 0) is 77.0 Å². The number of aromatic amines is 6. The number of H-pyrrole nitrogens is 6. The normalized spacial score (nSPS) is 16.8. The lowest BCUT2D eigenvalue weighted by Crippen LogP contribution is -2.21. The lowest BCUT2D eigenvalue weighted by molar-refractivity contribution is 0.174. The van der Waals surface area contributed by atoms with E-state index < -0.39 is 0 Å². The lowest BCUT2D eigenvalue weighted by Gasteiger charge is -2.12. The minimum absolute atomic E-state index is 0.189. The van der Waals surface area contributed by atoms with Crippen LogP contribution in [0.3, 0.4) is 0 Å². The number of hydrogen-bond acceptors (Lipinski definition) is 15. The van der Waals surface area contributed by atoms with E-state index in [4.69, 9.17) is 42.6 Å². The van der Waals surface area contributed by atoms with Crippen LogP contribution in [0.25, 0.3) is 65.4 Å². The fourth-order valence-corrected chi connectivity index (χ4v) is 17.0. The van der Waals surface area contributed by atoms with Gasteiger partial charge in [-0.3, -0.25) is 0 Å².